The van der Waals surface area contributed by atoms with E-state index in [0.29, 0.717) is 16.0 Å². The van der Waals surface area contributed by atoms with Gasteiger partial charge in [-0.1, -0.05) is 55.6 Å². The van der Waals surface area contributed by atoms with Crippen LogP contribution in [0.2, 0.25) is 5.02 Å². The molecule has 3 aromatic carbocycles. The number of fused-ring (bicyclic) bond motifs is 1. The molecule has 15 heteroatoms. The number of rotatable bonds is 6. The highest BCUT2D eigenvalue weighted by atomic mass is 79.9. The van der Waals surface area contributed by atoms with Crippen molar-refractivity contribution in [3.63, 3.8) is 0 Å². The summed E-state index contributed by atoms with van der Waals surface area (Å²) in [5.74, 6) is -0.713. The molecule has 1 aromatic heterocycles. The number of hydrogen-bond donors (Lipinski definition) is 2. The van der Waals surface area contributed by atoms with Gasteiger partial charge in [-0.05, 0) is 42.0 Å². The summed E-state index contributed by atoms with van der Waals surface area (Å²) < 4.78 is 50.2. The van der Waals surface area contributed by atoms with Crippen LogP contribution in [0, 0.1) is 10.1 Å². The van der Waals surface area contributed by atoms with Crippen molar-refractivity contribution in [2.24, 2.45) is 0 Å². The van der Waals surface area contributed by atoms with Gasteiger partial charge < -0.3 is 15.4 Å². The lowest BCUT2D eigenvalue weighted by Crippen LogP contribution is -2.35. The predicted octanol–water partition coefficient (Wildman–Crippen LogP) is 8.67. The van der Waals surface area contributed by atoms with Gasteiger partial charge in [0.05, 0.1) is 22.7 Å². The Morgan fingerprint density at radius 2 is 1.71 bits per heavy atom. The maximum absolute atomic E-state index is 14.1. The second-order valence-corrected chi connectivity index (χ2v) is 11.2. The highest BCUT2D eigenvalue weighted by Gasteiger charge is 2.48. The fourth-order valence-electron chi connectivity index (χ4n) is 4.30. The Balaban J connectivity index is 1.45. The van der Waals surface area contributed by atoms with Crippen LogP contribution >= 0.6 is 43.5 Å². The zero-order chi connectivity index (χ0) is 29.5. The highest BCUT2D eigenvalue weighted by molar-refractivity contribution is 9.10. The van der Waals surface area contributed by atoms with E-state index in [-0.39, 0.29) is 28.0 Å². The van der Waals surface area contributed by atoms with Gasteiger partial charge in [0.2, 0.25) is 0 Å². The fourth-order valence-corrected chi connectivity index (χ4v) is 5.09. The van der Waals surface area contributed by atoms with Gasteiger partial charge in [0, 0.05) is 27.5 Å². The molecular weight excluding hydrogens is 699 g/mol. The Labute approximate surface area is 252 Å². The summed E-state index contributed by atoms with van der Waals surface area (Å²) in [5.41, 5.74) is -0.332. The summed E-state index contributed by atoms with van der Waals surface area (Å²) in [6, 6.07) is 14.2. The summed E-state index contributed by atoms with van der Waals surface area (Å²) in [6.07, 6.45) is -5.08. The van der Waals surface area contributed by atoms with Gasteiger partial charge >= 0.3 is 6.18 Å². The predicted molar refractivity (Wildman–Crippen MR) is 153 cm³/mol. The monoisotopic (exact) mass is 713 g/mol. The molecule has 1 aliphatic rings. The van der Waals surface area contributed by atoms with E-state index in [1.165, 1.54) is 12.1 Å². The number of hydrogen-bond acceptors (Lipinski definition) is 6. The van der Waals surface area contributed by atoms with E-state index in [4.69, 9.17) is 16.3 Å². The van der Waals surface area contributed by atoms with Crippen molar-refractivity contribution in [2.45, 2.75) is 24.7 Å². The summed E-state index contributed by atoms with van der Waals surface area (Å²) in [5, 5.41) is 20.5. The SMILES string of the molecule is O=C(Nc1cc(Oc2ccc(Br)cc2)cc([N+](=O)[O-])c1)c1nn2c(c1Cl)N[C@H](c1ccc(Br)cc1)C[C@@H]2C(F)(F)F. The summed E-state index contributed by atoms with van der Waals surface area (Å²) in [6.45, 7) is 0. The van der Waals surface area contributed by atoms with Gasteiger partial charge in [0.25, 0.3) is 11.6 Å². The van der Waals surface area contributed by atoms with Crippen molar-refractivity contribution in [3.8, 4) is 11.5 Å². The maximum Gasteiger partial charge on any atom is 0.410 e. The van der Waals surface area contributed by atoms with Crippen molar-refractivity contribution >= 4 is 66.6 Å². The molecule has 0 spiro atoms. The number of carbonyl (C=O) groups is 1. The number of nitro benzene ring substituents is 1. The summed E-state index contributed by atoms with van der Waals surface area (Å²) in [4.78, 5) is 24.0. The van der Waals surface area contributed by atoms with Gasteiger partial charge in [-0.15, -0.1) is 0 Å². The topological polar surface area (TPSA) is 111 Å². The smallest absolute Gasteiger partial charge is 0.410 e. The Morgan fingerprint density at radius 1 is 1.07 bits per heavy atom. The van der Waals surface area contributed by atoms with E-state index in [2.05, 4.69) is 47.6 Å². The molecule has 0 aliphatic carbocycles. The molecule has 0 bridgehead atoms. The Kier molecular flexibility index (Phi) is 7.99. The minimum atomic E-state index is -4.69. The van der Waals surface area contributed by atoms with Crippen molar-refractivity contribution in [1.82, 2.24) is 9.78 Å². The van der Waals surface area contributed by atoms with Crippen molar-refractivity contribution in [3.05, 3.63) is 102 Å². The second kappa shape index (κ2) is 11.3. The average Bonchev–Trinajstić information content (AvgIpc) is 3.25. The molecule has 0 saturated carbocycles. The third-order valence-electron chi connectivity index (χ3n) is 6.19. The first-order valence-corrected chi connectivity index (χ1v) is 13.8. The maximum atomic E-state index is 14.1. The third-order valence-corrected chi connectivity index (χ3v) is 7.61. The molecule has 41 heavy (non-hydrogen) atoms. The van der Waals surface area contributed by atoms with E-state index in [1.54, 1.807) is 48.5 Å². The van der Waals surface area contributed by atoms with Crippen LogP contribution in [0.25, 0.3) is 0 Å². The van der Waals surface area contributed by atoms with Crippen LogP contribution in [-0.4, -0.2) is 26.8 Å². The van der Waals surface area contributed by atoms with Crippen LogP contribution in [0.5, 0.6) is 11.5 Å². The molecule has 2 atom stereocenters. The van der Waals surface area contributed by atoms with Crippen molar-refractivity contribution in [1.29, 1.82) is 0 Å². The van der Waals surface area contributed by atoms with Crippen molar-refractivity contribution < 1.29 is 27.6 Å². The van der Waals surface area contributed by atoms with E-state index in [1.807, 2.05) is 0 Å². The number of non-ortho nitro benzene ring substituents is 1. The summed E-state index contributed by atoms with van der Waals surface area (Å²) in [7, 11) is 0. The minimum absolute atomic E-state index is 0.0446. The largest absolute Gasteiger partial charge is 0.457 e. The quantitative estimate of drug-likeness (QED) is 0.153. The van der Waals surface area contributed by atoms with E-state index in [9.17, 15) is 28.1 Å². The Hall–Kier alpha value is -3.62. The first kappa shape index (κ1) is 28.9. The molecule has 1 aliphatic heterocycles. The molecule has 1 amide bonds. The van der Waals surface area contributed by atoms with E-state index < -0.39 is 41.2 Å². The number of ether oxygens (including phenoxy) is 1. The number of carbonyl (C=O) groups excluding carboxylic acids is 1. The van der Waals surface area contributed by atoms with Crippen molar-refractivity contribution in [2.75, 3.05) is 10.6 Å². The second-order valence-electron chi connectivity index (χ2n) is 8.98. The zero-order valence-corrected chi connectivity index (χ0v) is 24.4. The van der Waals surface area contributed by atoms with Crippen LogP contribution < -0.4 is 15.4 Å². The van der Waals surface area contributed by atoms with Gasteiger partial charge in [0.15, 0.2) is 11.7 Å². The lowest BCUT2D eigenvalue weighted by Gasteiger charge is -2.33. The standard InChI is InChI=1S/C26H17Br2ClF3N5O4/c27-14-3-1-13(2-4-14)20-12-21(26(30,31)32)36-24(34-20)22(29)23(35-36)25(38)33-16-9-17(37(39)40)11-19(10-16)41-18-7-5-15(28)6-8-18/h1-11,20-21,34H,12H2,(H,33,38)/t20-,21+/m0/s1. The summed E-state index contributed by atoms with van der Waals surface area (Å²) >= 11 is 13.0. The number of nitro groups is 1. The van der Waals surface area contributed by atoms with E-state index >= 15 is 0 Å². The van der Waals surface area contributed by atoms with Gasteiger partial charge in [-0.25, -0.2) is 4.68 Å². The van der Waals surface area contributed by atoms with Crippen LogP contribution in [0.1, 0.15) is 34.6 Å². The van der Waals surface area contributed by atoms with Crippen LogP contribution in [0.3, 0.4) is 0 Å². The number of anilines is 2. The number of amides is 1. The number of halogens is 6. The molecule has 9 nitrogen and oxygen atoms in total. The fraction of sp³-hybridized carbons (Fsp3) is 0.154. The van der Waals surface area contributed by atoms with Crippen LogP contribution in [0.4, 0.5) is 30.4 Å². The van der Waals surface area contributed by atoms with E-state index in [0.717, 1.165) is 15.0 Å². The molecule has 4 aromatic rings. The van der Waals surface area contributed by atoms with Crippen LogP contribution in [-0.2, 0) is 0 Å². The first-order valence-electron chi connectivity index (χ1n) is 11.8. The minimum Gasteiger partial charge on any atom is -0.457 e. The highest BCUT2D eigenvalue weighted by Crippen LogP contribution is 2.46. The molecular formula is C26H17Br2ClF3N5O4. The zero-order valence-electron chi connectivity index (χ0n) is 20.5. The molecule has 2 heterocycles. The molecule has 5 rings (SSSR count). The number of aromatic nitrogens is 2. The molecule has 0 radical (unpaired) electrons. The number of nitrogens with zero attached hydrogens (tertiary/aromatic N) is 3. The average molecular weight is 716 g/mol. The van der Waals surface area contributed by atoms with Gasteiger partial charge in [-0.3, -0.25) is 14.9 Å². The third kappa shape index (κ3) is 6.34. The number of nitrogens with one attached hydrogen (secondary N) is 2. The lowest BCUT2D eigenvalue weighted by atomic mass is 9.97. The lowest BCUT2D eigenvalue weighted by molar-refractivity contribution is -0.384. The van der Waals surface area contributed by atoms with Gasteiger partial charge in [0.1, 0.15) is 22.3 Å². The Morgan fingerprint density at radius 3 is 2.32 bits per heavy atom. The molecule has 212 valence electrons. The molecule has 0 fully saturated rings. The van der Waals surface area contributed by atoms with Crippen LogP contribution in [0.15, 0.2) is 75.7 Å². The first-order chi connectivity index (χ1) is 19.4. The number of benzene rings is 3. The molecule has 2 N–H and O–H groups in total. The molecule has 0 saturated heterocycles. The van der Waals surface area contributed by atoms with Gasteiger partial charge in [-0.2, -0.15) is 18.3 Å². The number of alkyl halides is 3. The Bertz CT molecular complexity index is 1630. The molecule has 0 unspecified atom stereocenters. The normalized spacial score (nSPS) is 16.4.